The van der Waals surface area contributed by atoms with Crippen molar-refractivity contribution < 1.29 is 0 Å². The van der Waals surface area contributed by atoms with E-state index in [0.717, 1.165) is 6.04 Å². The largest absolute Gasteiger partial charge is 0.388 e. The third kappa shape index (κ3) is 2.33. The molecule has 3 rings (SSSR count). The fourth-order valence-corrected chi connectivity index (χ4v) is 4.58. The van der Waals surface area contributed by atoms with Crippen LogP contribution in [0.3, 0.4) is 0 Å². The number of benzene rings is 1. The van der Waals surface area contributed by atoms with Crippen LogP contribution < -0.4 is 10.2 Å². The lowest BCUT2D eigenvalue weighted by molar-refractivity contribution is 0.136. The zero-order chi connectivity index (χ0) is 13.7. The van der Waals surface area contributed by atoms with E-state index < -0.39 is 0 Å². The number of hydrogen-bond donors (Lipinski definition) is 1. The molecule has 1 saturated carbocycles. The van der Waals surface area contributed by atoms with Gasteiger partial charge >= 0.3 is 0 Å². The molecule has 2 nitrogen and oxygen atoms in total. The Morgan fingerprint density at radius 3 is 2.42 bits per heavy atom. The van der Waals surface area contributed by atoms with E-state index in [1.165, 1.54) is 37.2 Å². The fourth-order valence-electron chi connectivity index (χ4n) is 4.58. The van der Waals surface area contributed by atoms with Crippen molar-refractivity contribution in [2.24, 2.45) is 10.8 Å². The molecule has 1 heterocycles. The van der Waals surface area contributed by atoms with Crippen molar-refractivity contribution >= 4 is 11.4 Å². The fraction of sp³-hybridized carbons (Fsp3) is 0.647. The predicted octanol–water partition coefficient (Wildman–Crippen LogP) is 4.13. The van der Waals surface area contributed by atoms with Gasteiger partial charge in [-0.3, -0.25) is 0 Å². The molecule has 1 aliphatic carbocycles. The molecule has 1 aromatic carbocycles. The first-order valence-corrected chi connectivity index (χ1v) is 7.45. The summed E-state index contributed by atoms with van der Waals surface area (Å²) >= 11 is 0. The Labute approximate surface area is 117 Å². The summed E-state index contributed by atoms with van der Waals surface area (Å²) in [7, 11) is 1.97. The Balaban J connectivity index is 1.86. The summed E-state index contributed by atoms with van der Waals surface area (Å²) in [5.41, 5.74) is 3.59. The van der Waals surface area contributed by atoms with Gasteiger partial charge < -0.3 is 10.2 Å². The molecule has 0 unspecified atom stereocenters. The Morgan fingerprint density at radius 1 is 1.11 bits per heavy atom. The number of fused-ring (bicyclic) bond motifs is 2. The summed E-state index contributed by atoms with van der Waals surface area (Å²) < 4.78 is 0. The van der Waals surface area contributed by atoms with Crippen molar-refractivity contribution in [2.75, 3.05) is 23.8 Å². The number of nitrogens with zero attached hydrogens (tertiary/aromatic N) is 1. The first-order chi connectivity index (χ1) is 8.91. The number of anilines is 2. The minimum Gasteiger partial charge on any atom is -0.388 e. The van der Waals surface area contributed by atoms with E-state index in [0.29, 0.717) is 10.8 Å². The minimum absolute atomic E-state index is 0.497. The summed E-state index contributed by atoms with van der Waals surface area (Å²) in [5, 5.41) is 3.19. The van der Waals surface area contributed by atoms with E-state index in [2.05, 4.69) is 55.3 Å². The molecule has 19 heavy (non-hydrogen) atoms. The summed E-state index contributed by atoms with van der Waals surface area (Å²) in [6.07, 6.45) is 4.06. The average Bonchev–Trinajstić information content (AvgIpc) is 2.59. The van der Waals surface area contributed by atoms with Crippen molar-refractivity contribution in [1.29, 1.82) is 0 Å². The van der Waals surface area contributed by atoms with E-state index in [4.69, 9.17) is 0 Å². The summed E-state index contributed by atoms with van der Waals surface area (Å²) in [4.78, 5) is 2.65. The van der Waals surface area contributed by atoms with Gasteiger partial charge in [-0.15, -0.1) is 0 Å². The smallest absolute Gasteiger partial charge is 0.0370 e. The second kappa shape index (κ2) is 4.16. The van der Waals surface area contributed by atoms with Gasteiger partial charge in [0, 0.05) is 31.0 Å². The number of nitrogens with one attached hydrogen (secondary N) is 1. The van der Waals surface area contributed by atoms with Crippen molar-refractivity contribution in [3.63, 3.8) is 0 Å². The standard InChI is InChI=1S/C17H26N2/c1-16(2)9-15-10-17(3,11-16)12-19(15)14-7-5-13(18-4)6-8-14/h5-8,15,18H,9-12H2,1-4H3/t15-,17-/m1/s1. The summed E-state index contributed by atoms with van der Waals surface area (Å²) in [6.45, 7) is 8.57. The Morgan fingerprint density at radius 2 is 1.79 bits per heavy atom. The van der Waals surface area contributed by atoms with Crippen molar-refractivity contribution in [1.82, 2.24) is 0 Å². The van der Waals surface area contributed by atoms with Gasteiger partial charge in [-0.05, 0) is 54.4 Å². The monoisotopic (exact) mass is 258 g/mol. The van der Waals surface area contributed by atoms with Gasteiger partial charge in [0.25, 0.3) is 0 Å². The first-order valence-electron chi connectivity index (χ1n) is 7.45. The van der Waals surface area contributed by atoms with Gasteiger partial charge in [-0.1, -0.05) is 20.8 Å². The van der Waals surface area contributed by atoms with Crippen molar-refractivity contribution in [3.8, 4) is 0 Å². The molecule has 0 spiro atoms. The maximum absolute atomic E-state index is 3.19. The molecule has 2 aliphatic rings. The molecule has 1 saturated heterocycles. The van der Waals surface area contributed by atoms with E-state index in [1.54, 1.807) is 0 Å². The van der Waals surface area contributed by atoms with Crippen LogP contribution in [-0.2, 0) is 0 Å². The van der Waals surface area contributed by atoms with Crippen LogP contribution in [0.2, 0.25) is 0 Å². The lowest BCUT2D eigenvalue weighted by Crippen LogP contribution is -2.34. The molecule has 104 valence electrons. The highest BCUT2D eigenvalue weighted by atomic mass is 15.2. The van der Waals surface area contributed by atoms with Crippen LogP contribution in [0.25, 0.3) is 0 Å². The normalized spacial score (nSPS) is 32.4. The van der Waals surface area contributed by atoms with Crippen LogP contribution >= 0.6 is 0 Å². The molecule has 1 aliphatic heterocycles. The number of rotatable bonds is 2. The second-order valence-corrected chi connectivity index (χ2v) is 7.64. The number of hydrogen-bond acceptors (Lipinski definition) is 2. The zero-order valence-electron chi connectivity index (χ0n) is 12.7. The molecular formula is C17H26N2. The minimum atomic E-state index is 0.497. The topological polar surface area (TPSA) is 15.3 Å². The van der Waals surface area contributed by atoms with E-state index in [-0.39, 0.29) is 0 Å². The third-order valence-electron chi connectivity index (χ3n) is 4.90. The molecular weight excluding hydrogens is 232 g/mol. The highest BCUT2D eigenvalue weighted by Gasteiger charge is 2.49. The molecule has 0 radical (unpaired) electrons. The van der Waals surface area contributed by atoms with Gasteiger partial charge in [-0.25, -0.2) is 0 Å². The quantitative estimate of drug-likeness (QED) is 0.858. The van der Waals surface area contributed by atoms with Crippen LogP contribution in [0.5, 0.6) is 0 Å². The van der Waals surface area contributed by atoms with E-state index in [9.17, 15) is 0 Å². The van der Waals surface area contributed by atoms with Crippen LogP contribution in [0.1, 0.15) is 40.0 Å². The lowest BCUT2D eigenvalue weighted by Gasteiger charge is -2.39. The maximum atomic E-state index is 3.19. The Kier molecular flexibility index (Phi) is 2.81. The van der Waals surface area contributed by atoms with Gasteiger partial charge in [0.05, 0.1) is 0 Å². The highest BCUT2D eigenvalue weighted by molar-refractivity contribution is 5.56. The molecule has 1 aromatic rings. The highest BCUT2D eigenvalue weighted by Crippen LogP contribution is 2.53. The van der Waals surface area contributed by atoms with Crippen molar-refractivity contribution in [2.45, 2.75) is 46.1 Å². The molecule has 1 N–H and O–H groups in total. The van der Waals surface area contributed by atoms with E-state index in [1.807, 2.05) is 7.05 Å². The second-order valence-electron chi connectivity index (χ2n) is 7.64. The lowest BCUT2D eigenvalue weighted by atomic mass is 9.65. The molecule has 0 amide bonds. The Hall–Kier alpha value is -1.18. The molecule has 2 bridgehead atoms. The van der Waals surface area contributed by atoms with Crippen LogP contribution in [0, 0.1) is 10.8 Å². The van der Waals surface area contributed by atoms with Crippen molar-refractivity contribution in [3.05, 3.63) is 24.3 Å². The predicted molar refractivity (Wildman–Crippen MR) is 82.9 cm³/mol. The first kappa shape index (κ1) is 12.8. The van der Waals surface area contributed by atoms with Crippen LogP contribution in [0.4, 0.5) is 11.4 Å². The average molecular weight is 258 g/mol. The molecule has 2 fully saturated rings. The van der Waals surface area contributed by atoms with Crippen LogP contribution in [0.15, 0.2) is 24.3 Å². The van der Waals surface area contributed by atoms with Gasteiger partial charge in [0.1, 0.15) is 0 Å². The van der Waals surface area contributed by atoms with Gasteiger partial charge in [0.2, 0.25) is 0 Å². The summed E-state index contributed by atoms with van der Waals surface area (Å²) in [6, 6.07) is 9.64. The van der Waals surface area contributed by atoms with Crippen LogP contribution in [-0.4, -0.2) is 19.6 Å². The molecule has 2 heteroatoms. The van der Waals surface area contributed by atoms with E-state index >= 15 is 0 Å². The maximum Gasteiger partial charge on any atom is 0.0370 e. The zero-order valence-corrected chi connectivity index (χ0v) is 12.7. The molecule has 2 atom stereocenters. The van der Waals surface area contributed by atoms with Gasteiger partial charge in [-0.2, -0.15) is 0 Å². The Bertz CT molecular complexity index is 463. The van der Waals surface area contributed by atoms with Gasteiger partial charge in [0.15, 0.2) is 0 Å². The third-order valence-corrected chi connectivity index (χ3v) is 4.90. The SMILES string of the molecule is CNc1ccc(N2C[C@]3(C)C[C@H]2CC(C)(C)C3)cc1. The summed E-state index contributed by atoms with van der Waals surface area (Å²) in [5.74, 6) is 0. The molecule has 0 aromatic heterocycles.